The molecule has 140 valence electrons. The second-order valence-electron chi connectivity index (χ2n) is 6.41. The van der Waals surface area contributed by atoms with Crippen LogP contribution in [0.4, 0.5) is 0 Å². The smallest absolute Gasteiger partial charge is 0.289 e. The Morgan fingerprint density at radius 1 is 1.11 bits per heavy atom. The van der Waals surface area contributed by atoms with Gasteiger partial charge < -0.3 is 24.0 Å². The van der Waals surface area contributed by atoms with Gasteiger partial charge in [-0.2, -0.15) is 0 Å². The van der Waals surface area contributed by atoms with Gasteiger partial charge in [0.15, 0.2) is 11.7 Å². The molecule has 1 amide bonds. The molecule has 2 aromatic heterocycles. The quantitative estimate of drug-likeness (QED) is 0.570. The van der Waals surface area contributed by atoms with Gasteiger partial charge in [-0.3, -0.25) is 9.79 Å². The van der Waals surface area contributed by atoms with Crippen LogP contribution in [0.3, 0.4) is 0 Å². The van der Waals surface area contributed by atoms with Crippen molar-refractivity contribution in [3.05, 3.63) is 60.2 Å². The molecule has 1 fully saturated rings. The molecular formula is C20H22N4O3. The maximum atomic E-state index is 12.4. The van der Waals surface area contributed by atoms with Crippen molar-refractivity contribution in [3.8, 4) is 0 Å². The van der Waals surface area contributed by atoms with Gasteiger partial charge in [-0.25, -0.2) is 0 Å². The Bertz CT molecular complexity index is 904. The van der Waals surface area contributed by atoms with E-state index in [0.717, 1.165) is 22.7 Å². The highest BCUT2D eigenvalue weighted by molar-refractivity contribution is 5.91. The van der Waals surface area contributed by atoms with Gasteiger partial charge in [0, 0.05) is 38.6 Å². The van der Waals surface area contributed by atoms with E-state index in [0.29, 0.717) is 38.5 Å². The molecule has 7 heteroatoms. The van der Waals surface area contributed by atoms with Gasteiger partial charge in [0.25, 0.3) is 5.91 Å². The normalized spacial score (nSPS) is 15.4. The SMILES string of the molecule is CN=C(NCc1cc2ccccc2o1)N1CCN(C(=O)c2ccco2)CC1. The van der Waals surface area contributed by atoms with Crippen molar-refractivity contribution >= 4 is 22.8 Å². The summed E-state index contributed by atoms with van der Waals surface area (Å²) >= 11 is 0. The van der Waals surface area contributed by atoms with Crippen molar-refractivity contribution in [3.63, 3.8) is 0 Å². The molecule has 0 unspecified atom stereocenters. The summed E-state index contributed by atoms with van der Waals surface area (Å²) in [6.07, 6.45) is 1.52. The van der Waals surface area contributed by atoms with E-state index in [1.165, 1.54) is 6.26 Å². The third-order valence-electron chi connectivity index (χ3n) is 4.71. The van der Waals surface area contributed by atoms with Crippen molar-refractivity contribution in [2.24, 2.45) is 4.99 Å². The number of benzene rings is 1. The number of para-hydroxylation sites is 1. The van der Waals surface area contributed by atoms with Crippen LogP contribution in [0.2, 0.25) is 0 Å². The molecule has 3 heterocycles. The lowest BCUT2D eigenvalue weighted by Crippen LogP contribution is -2.53. The molecule has 0 radical (unpaired) electrons. The molecule has 0 spiro atoms. The zero-order chi connectivity index (χ0) is 18.6. The summed E-state index contributed by atoms with van der Waals surface area (Å²) < 4.78 is 11.0. The Labute approximate surface area is 157 Å². The van der Waals surface area contributed by atoms with Gasteiger partial charge in [0.05, 0.1) is 12.8 Å². The van der Waals surface area contributed by atoms with E-state index in [-0.39, 0.29) is 5.91 Å². The molecule has 1 N–H and O–H groups in total. The Morgan fingerprint density at radius 2 is 1.89 bits per heavy atom. The number of piperazine rings is 1. The summed E-state index contributed by atoms with van der Waals surface area (Å²) in [5.41, 5.74) is 0.884. The number of furan rings is 2. The molecule has 27 heavy (non-hydrogen) atoms. The van der Waals surface area contributed by atoms with E-state index in [1.807, 2.05) is 35.2 Å². The number of fused-ring (bicyclic) bond motifs is 1. The standard InChI is InChI=1S/C20H22N4O3/c1-21-20(22-14-16-13-15-5-2-3-6-17(15)27-16)24-10-8-23(9-11-24)19(25)18-7-4-12-26-18/h2-7,12-13H,8-11,14H2,1H3,(H,21,22). The van der Waals surface area contributed by atoms with Gasteiger partial charge >= 0.3 is 0 Å². The molecule has 1 aliphatic heterocycles. The number of hydrogen-bond acceptors (Lipinski definition) is 4. The number of nitrogens with one attached hydrogen (secondary N) is 1. The second kappa shape index (κ2) is 7.57. The van der Waals surface area contributed by atoms with E-state index in [9.17, 15) is 4.79 Å². The number of carbonyl (C=O) groups is 1. The highest BCUT2D eigenvalue weighted by atomic mass is 16.3. The highest BCUT2D eigenvalue weighted by Gasteiger charge is 2.25. The minimum absolute atomic E-state index is 0.0649. The molecule has 0 atom stereocenters. The van der Waals surface area contributed by atoms with Crippen LogP contribution in [0.5, 0.6) is 0 Å². The van der Waals surface area contributed by atoms with E-state index in [4.69, 9.17) is 8.83 Å². The second-order valence-corrected chi connectivity index (χ2v) is 6.41. The number of carbonyl (C=O) groups excluding carboxylic acids is 1. The molecule has 1 aliphatic rings. The van der Waals surface area contributed by atoms with E-state index in [2.05, 4.69) is 15.2 Å². The Morgan fingerprint density at radius 3 is 2.59 bits per heavy atom. The average Bonchev–Trinajstić information content (AvgIpc) is 3.38. The monoisotopic (exact) mass is 366 g/mol. The fourth-order valence-corrected chi connectivity index (χ4v) is 3.30. The fraction of sp³-hybridized carbons (Fsp3) is 0.300. The van der Waals surface area contributed by atoms with Crippen LogP contribution in [0, 0.1) is 0 Å². The van der Waals surface area contributed by atoms with Gasteiger partial charge in [-0.05, 0) is 24.3 Å². The molecule has 0 bridgehead atoms. The first-order chi connectivity index (χ1) is 13.2. The predicted molar refractivity (Wildman–Crippen MR) is 103 cm³/mol. The summed E-state index contributed by atoms with van der Waals surface area (Å²) in [6.45, 7) is 3.25. The first-order valence-corrected chi connectivity index (χ1v) is 9.00. The summed E-state index contributed by atoms with van der Waals surface area (Å²) in [5.74, 6) is 1.99. The molecule has 1 saturated heterocycles. The van der Waals surface area contributed by atoms with Crippen molar-refractivity contribution in [2.45, 2.75) is 6.54 Å². The third kappa shape index (κ3) is 3.67. The van der Waals surface area contributed by atoms with Crippen LogP contribution in [0.15, 0.2) is 62.6 Å². The van der Waals surface area contributed by atoms with Crippen LogP contribution in [-0.4, -0.2) is 54.9 Å². The predicted octanol–water partition coefficient (Wildman–Crippen LogP) is 2.56. The van der Waals surface area contributed by atoms with Gasteiger partial charge in [0.1, 0.15) is 11.3 Å². The summed E-state index contributed by atoms with van der Waals surface area (Å²) in [7, 11) is 1.77. The van der Waals surface area contributed by atoms with Crippen molar-refractivity contribution in [1.82, 2.24) is 15.1 Å². The Balaban J connectivity index is 1.33. The van der Waals surface area contributed by atoms with Crippen LogP contribution in [0.25, 0.3) is 11.0 Å². The maximum Gasteiger partial charge on any atom is 0.289 e. The van der Waals surface area contributed by atoms with Gasteiger partial charge in [-0.1, -0.05) is 18.2 Å². The first kappa shape index (κ1) is 17.2. The lowest BCUT2D eigenvalue weighted by atomic mass is 10.2. The van der Waals surface area contributed by atoms with Crippen LogP contribution in [0.1, 0.15) is 16.3 Å². The van der Waals surface area contributed by atoms with E-state index >= 15 is 0 Å². The first-order valence-electron chi connectivity index (χ1n) is 9.00. The van der Waals surface area contributed by atoms with Crippen molar-refractivity contribution < 1.29 is 13.6 Å². The molecule has 0 aliphatic carbocycles. The Hall–Kier alpha value is -3.22. The number of rotatable bonds is 3. The molecule has 7 nitrogen and oxygen atoms in total. The van der Waals surface area contributed by atoms with Gasteiger partial charge in [0.2, 0.25) is 0 Å². The van der Waals surface area contributed by atoms with Crippen LogP contribution in [-0.2, 0) is 6.54 Å². The number of amides is 1. The summed E-state index contributed by atoms with van der Waals surface area (Å²) in [6, 6.07) is 13.4. The van der Waals surface area contributed by atoms with Crippen LogP contribution >= 0.6 is 0 Å². The molecule has 3 aromatic rings. The molecular weight excluding hydrogens is 344 g/mol. The topological polar surface area (TPSA) is 74.2 Å². The zero-order valence-electron chi connectivity index (χ0n) is 15.2. The summed E-state index contributed by atoms with van der Waals surface area (Å²) in [4.78, 5) is 20.7. The molecule has 4 rings (SSSR count). The van der Waals surface area contributed by atoms with E-state index in [1.54, 1.807) is 19.2 Å². The number of nitrogens with zero attached hydrogens (tertiary/aromatic N) is 3. The lowest BCUT2D eigenvalue weighted by molar-refractivity contribution is 0.0657. The van der Waals surface area contributed by atoms with Crippen molar-refractivity contribution in [2.75, 3.05) is 33.2 Å². The molecule has 1 aromatic carbocycles. The van der Waals surface area contributed by atoms with Crippen LogP contribution < -0.4 is 5.32 Å². The number of hydrogen-bond donors (Lipinski definition) is 1. The zero-order valence-corrected chi connectivity index (χ0v) is 15.2. The van der Waals surface area contributed by atoms with E-state index < -0.39 is 0 Å². The highest BCUT2D eigenvalue weighted by Crippen LogP contribution is 2.18. The maximum absolute atomic E-state index is 12.4. The number of guanidine groups is 1. The Kier molecular flexibility index (Phi) is 4.82. The summed E-state index contributed by atoms with van der Waals surface area (Å²) in [5, 5.41) is 4.44. The minimum atomic E-state index is -0.0649. The molecule has 0 saturated carbocycles. The fourth-order valence-electron chi connectivity index (χ4n) is 3.30. The average molecular weight is 366 g/mol. The number of aliphatic imine (C=N–C) groups is 1. The largest absolute Gasteiger partial charge is 0.459 e. The minimum Gasteiger partial charge on any atom is -0.459 e. The van der Waals surface area contributed by atoms with Crippen molar-refractivity contribution in [1.29, 1.82) is 0 Å². The van der Waals surface area contributed by atoms with Gasteiger partial charge in [-0.15, -0.1) is 0 Å². The third-order valence-corrected chi connectivity index (χ3v) is 4.71. The lowest BCUT2D eigenvalue weighted by Gasteiger charge is -2.36.